The SMILES string of the molecule is CCN(CCOC)c1ncnc(NC)c1C. The lowest BCUT2D eigenvalue weighted by atomic mass is 10.3. The molecule has 0 aromatic carbocycles. The molecular formula is C11H20N4O. The molecule has 1 N–H and O–H groups in total. The topological polar surface area (TPSA) is 50.3 Å². The number of methoxy groups -OCH3 is 1. The first-order valence-electron chi connectivity index (χ1n) is 5.47. The van der Waals surface area contributed by atoms with E-state index >= 15 is 0 Å². The molecule has 1 aromatic rings. The number of hydrogen-bond acceptors (Lipinski definition) is 5. The van der Waals surface area contributed by atoms with E-state index in [9.17, 15) is 0 Å². The quantitative estimate of drug-likeness (QED) is 0.789. The van der Waals surface area contributed by atoms with Crippen LogP contribution < -0.4 is 10.2 Å². The standard InChI is InChI=1S/C11H20N4O/c1-5-15(6-7-16-4)11-9(2)10(12-3)13-8-14-11/h8H,5-7H2,1-4H3,(H,12,13,14). The molecule has 5 nitrogen and oxygen atoms in total. The summed E-state index contributed by atoms with van der Waals surface area (Å²) in [6.45, 7) is 6.58. The number of rotatable bonds is 6. The van der Waals surface area contributed by atoms with Crippen LogP contribution in [0.25, 0.3) is 0 Å². The van der Waals surface area contributed by atoms with E-state index in [1.54, 1.807) is 13.4 Å². The van der Waals surface area contributed by atoms with Gasteiger partial charge in [0.25, 0.3) is 0 Å². The zero-order chi connectivity index (χ0) is 12.0. The first-order valence-corrected chi connectivity index (χ1v) is 5.47. The lowest BCUT2D eigenvalue weighted by Gasteiger charge is -2.23. The minimum atomic E-state index is 0.701. The summed E-state index contributed by atoms with van der Waals surface area (Å²) < 4.78 is 5.09. The molecule has 0 spiro atoms. The first-order chi connectivity index (χ1) is 7.74. The Labute approximate surface area is 96.8 Å². The van der Waals surface area contributed by atoms with Gasteiger partial charge in [0.05, 0.1) is 6.61 Å². The van der Waals surface area contributed by atoms with Gasteiger partial charge in [0, 0.05) is 32.8 Å². The van der Waals surface area contributed by atoms with Crippen LogP contribution in [0, 0.1) is 6.92 Å². The zero-order valence-corrected chi connectivity index (χ0v) is 10.4. The number of nitrogens with one attached hydrogen (secondary N) is 1. The summed E-state index contributed by atoms with van der Waals surface area (Å²) >= 11 is 0. The van der Waals surface area contributed by atoms with Crippen molar-refractivity contribution in [2.24, 2.45) is 0 Å². The number of likely N-dealkylation sites (N-methyl/N-ethyl adjacent to an activating group) is 1. The van der Waals surface area contributed by atoms with Gasteiger partial charge in [-0.15, -0.1) is 0 Å². The van der Waals surface area contributed by atoms with Crippen molar-refractivity contribution in [1.82, 2.24) is 9.97 Å². The maximum Gasteiger partial charge on any atom is 0.137 e. The average Bonchev–Trinajstić information content (AvgIpc) is 2.32. The van der Waals surface area contributed by atoms with Crippen LogP contribution >= 0.6 is 0 Å². The van der Waals surface area contributed by atoms with Crippen molar-refractivity contribution >= 4 is 11.6 Å². The molecule has 0 amide bonds. The summed E-state index contributed by atoms with van der Waals surface area (Å²) in [4.78, 5) is 10.7. The van der Waals surface area contributed by atoms with E-state index in [0.717, 1.165) is 30.3 Å². The molecule has 0 bridgehead atoms. The normalized spacial score (nSPS) is 10.2. The molecule has 0 saturated carbocycles. The Kier molecular flexibility index (Phi) is 4.98. The Bertz CT molecular complexity index is 330. The predicted octanol–water partition coefficient (Wildman–Crippen LogP) is 1.30. The summed E-state index contributed by atoms with van der Waals surface area (Å²) in [7, 11) is 3.57. The molecule has 0 radical (unpaired) electrons. The molecule has 0 aliphatic carbocycles. The Balaban J connectivity index is 2.91. The van der Waals surface area contributed by atoms with Gasteiger partial charge in [-0.1, -0.05) is 0 Å². The predicted molar refractivity (Wildman–Crippen MR) is 66.1 cm³/mol. The van der Waals surface area contributed by atoms with E-state index in [2.05, 4.69) is 27.1 Å². The molecule has 1 heterocycles. The van der Waals surface area contributed by atoms with Gasteiger partial charge in [-0.05, 0) is 13.8 Å². The van der Waals surface area contributed by atoms with Gasteiger partial charge in [-0.3, -0.25) is 0 Å². The third kappa shape index (κ3) is 2.82. The Morgan fingerprint density at radius 3 is 2.75 bits per heavy atom. The second-order valence-electron chi connectivity index (χ2n) is 3.49. The summed E-state index contributed by atoms with van der Waals surface area (Å²) in [5.41, 5.74) is 1.07. The second-order valence-corrected chi connectivity index (χ2v) is 3.49. The molecular weight excluding hydrogens is 204 g/mol. The van der Waals surface area contributed by atoms with Gasteiger partial charge in [0.2, 0.25) is 0 Å². The monoisotopic (exact) mass is 224 g/mol. The van der Waals surface area contributed by atoms with Crippen LogP contribution in [0.5, 0.6) is 0 Å². The van der Waals surface area contributed by atoms with Crippen LogP contribution in [0.1, 0.15) is 12.5 Å². The largest absolute Gasteiger partial charge is 0.383 e. The maximum absolute atomic E-state index is 5.09. The second kappa shape index (κ2) is 6.27. The molecule has 0 aliphatic rings. The van der Waals surface area contributed by atoms with Gasteiger partial charge in [0.15, 0.2) is 0 Å². The first kappa shape index (κ1) is 12.7. The minimum Gasteiger partial charge on any atom is -0.383 e. The Morgan fingerprint density at radius 2 is 2.19 bits per heavy atom. The average molecular weight is 224 g/mol. The highest BCUT2D eigenvalue weighted by atomic mass is 16.5. The Morgan fingerprint density at radius 1 is 1.44 bits per heavy atom. The number of anilines is 2. The van der Waals surface area contributed by atoms with Crippen LogP contribution in [0.3, 0.4) is 0 Å². The molecule has 0 aliphatic heterocycles. The number of nitrogens with zero attached hydrogens (tertiary/aromatic N) is 3. The van der Waals surface area contributed by atoms with Crippen LogP contribution in [0.15, 0.2) is 6.33 Å². The van der Waals surface area contributed by atoms with Crippen molar-refractivity contribution in [3.63, 3.8) is 0 Å². The molecule has 1 aromatic heterocycles. The van der Waals surface area contributed by atoms with E-state index in [1.807, 2.05) is 14.0 Å². The van der Waals surface area contributed by atoms with Gasteiger partial charge in [0.1, 0.15) is 18.0 Å². The van der Waals surface area contributed by atoms with E-state index in [0.29, 0.717) is 6.61 Å². The molecule has 0 atom stereocenters. The van der Waals surface area contributed by atoms with Crippen LogP contribution in [-0.2, 0) is 4.74 Å². The van der Waals surface area contributed by atoms with Crippen molar-refractivity contribution in [2.45, 2.75) is 13.8 Å². The molecule has 0 fully saturated rings. The molecule has 16 heavy (non-hydrogen) atoms. The van der Waals surface area contributed by atoms with Gasteiger partial charge in [-0.25, -0.2) is 9.97 Å². The van der Waals surface area contributed by atoms with Crippen LogP contribution in [0.2, 0.25) is 0 Å². The van der Waals surface area contributed by atoms with Gasteiger partial charge < -0.3 is 15.0 Å². The fourth-order valence-electron chi connectivity index (χ4n) is 1.63. The molecule has 1 rings (SSSR count). The van der Waals surface area contributed by atoms with E-state index in [1.165, 1.54) is 0 Å². The van der Waals surface area contributed by atoms with Crippen molar-refractivity contribution in [3.05, 3.63) is 11.9 Å². The van der Waals surface area contributed by atoms with Crippen molar-refractivity contribution in [2.75, 3.05) is 44.1 Å². The number of aromatic nitrogens is 2. The van der Waals surface area contributed by atoms with E-state index < -0.39 is 0 Å². The minimum absolute atomic E-state index is 0.701. The highest BCUT2D eigenvalue weighted by Gasteiger charge is 2.11. The molecule has 0 unspecified atom stereocenters. The maximum atomic E-state index is 5.09. The van der Waals surface area contributed by atoms with Crippen LogP contribution in [-0.4, -0.2) is 43.8 Å². The highest BCUT2D eigenvalue weighted by molar-refractivity contribution is 5.57. The highest BCUT2D eigenvalue weighted by Crippen LogP contribution is 2.21. The van der Waals surface area contributed by atoms with E-state index in [4.69, 9.17) is 4.74 Å². The molecule has 0 saturated heterocycles. The van der Waals surface area contributed by atoms with Gasteiger partial charge in [-0.2, -0.15) is 0 Å². The van der Waals surface area contributed by atoms with Crippen molar-refractivity contribution in [1.29, 1.82) is 0 Å². The smallest absolute Gasteiger partial charge is 0.137 e. The number of ether oxygens (including phenoxy) is 1. The van der Waals surface area contributed by atoms with Crippen molar-refractivity contribution in [3.8, 4) is 0 Å². The fourth-order valence-corrected chi connectivity index (χ4v) is 1.63. The lowest BCUT2D eigenvalue weighted by molar-refractivity contribution is 0.205. The third-order valence-corrected chi connectivity index (χ3v) is 2.54. The van der Waals surface area contributed by atoms with Crippen molar-refractivity contribution < 1.29 is 4.74 Å². The summed E-state index contributed by atoms with van der Waals surface area (Å²) in [5.74, 6) is 1.85. The summed E-state index contributed by atoms with van der Waals surface area (Å²) in [6, 6.07) is 0. The molecule has 5 heteroatoms. The molecule has 90 valence electrons. The fraction of sp³-hybridized carbons (Fsp3) is 0.636. The number of hydrogen-bond donors (Lipinski definition) is 1. The summed E-state index contributed by atoms with van der Waals surface area (Å²) in [5, 5.41) is 3.06. The third-order valence-electron chi connectivity index (χ3n) is 2.54. The zero-order valence-electron chi connectivity index (χ0n) is 10.4. The van der Waals surface area contributed by atoms with Gasteiger partial charge >= 0.3 is 0 Å². The lowest BCUT2D eigenvalue weighted by Crippen LogP contribution is -2.28. The van der Waals surface area contributed by atoms with E-state index in [-0.39, 0.29) is 0 Å². The Hall–Kier alpha value is -1.36. The summed E-state index contributed by atoms with van der Waals surface area (Å²) in [6.07, 6.45) is 1.59. The van der Waals surface area contributed by atoms with Crippen LogP contribution in [0.4, 0.5) is 11.6 Å².